The predicted molar refractivity (Wildman–Crippen MR) is 155 cm³/mol. The standard InChI is InChI=1S/C30H28F3N5O2S/c1-17-15-21(18(2)37(17)25-11-6-5-9-22(25)30(31,32)33)28-27(23-10-7-8-14-34-23)36-29(41)38(28)20-12-13-26(40-4)24(16-20)35-19(3)39/h5-16,27-28H,1-4H3,(H,35,39)(H,36,41)/t27-,28-/m0/s1. The molecule has 1 fully saturated rings. The molecule has 11 heteroatoms. The molecule has 7 nitrogen and oxygen atoms in total. The topological polar surface area (TPSA) is 71.4 Å². The Hall–Kier alpha value is -4.38. The number of carbonyl (C=O) groups is 1. The lowest BCUT2D eigenvalue weighted by Crippen LogP contribution is -2.29. The highest BCUT2D eigenvalue weighted by molar-refractivity contribution is 7.80. The number of aryl methyl sites for hydroxylation is 1. The Morgan fingerprint density at radius 3 is 2.46 bits per heavy atom. The number of rotatable bonds is 6. The third-order valence-corrected chi connectivity index (χ3v) is 7.42. The number of hydrogen-bond acceptors (Lipinski definition) is 4. The summed E-state index contributed by atoms with van der Waals surface area (Å²) in [6.07, 6.45) is -2.84. The van der Waals surface area contributed by atoms with Crippen LogP contribution in [0.15, 0.2) is 72.9 Å². The van der Waals surface area contributed by atoms with Gasteiger partial charge in [0, 0.05) is 30.2 Å². The normalized spacial score (nSPS) is 17.0. The van der Waals surface area contributed by atoms with Crippen LogP contribution in [-0.4, -0.2) is 27.7 Å². The van der Waals surface area contributed by atoms with E-state index in [4.69, 9.17) is 17.0 Å². The van der Waals surface area contributed by atoms with Gasteiger partial charge in [-0.05, 0) is 80.2 Å². The molecule has 0 radical (unpaired) electrons. The Morgan fingerprint density at radius 2 is 1.80 bits per heavy atom. The second kappa shape index (κ2) is 10.9. The maximum atomic E-state index is 14.0. The molecule has 0 aliphatic carbocycles. The highest BCUT2D eigenvalue weighted by Gasteiger charge is 2.43. The minimum absolute atomic E-state index is 0.0492. The third kappa shape index (κ3) is 5.24. The third-order valence-electron chi connectivity index (χ3n) is 7.11. The molecule has 5 rings (SSSR count). The quantitative estimate of drug-likeness (QED) is 0.249. The van der Waals surface area contributed by atoms with Crippen LogP contribution in [0.2, 0.25) is 0 Å². The van der Waals surface area contributed by atoms with Crippen molar-refractivity contribution in [3.63, 3.8) is 0 Å². The molecule has 0 bridgehead atoms. The van der Waals surface area contributed by atoms with E-state index in [-0.39, 0.29) is 11.6 Å². The van der Waals surface area contributed by atoms with Crippen LogP contribution >= 0.6 is 12.2 Å². The number of nitrogens with zero attached hydrogens (tertiary/aromatic N) is 3. The number of aromatic nitrogens is 2. The van der Waals surface area contributed by atoms with Crippen LogP contribution in [0.3, 0.4) is 0 Å². The highest BCUT2D eigenvalue weighted by Crippen LogP contribution is 2.45. The molecule has 1 aliphatic heterocycles. The average Bonchev–Trinajstić information content (AvgIpc) is 3.43. The molecule has 1 saturated heterocycles. The first kappa shape index (κ1) is 28.2. The van der Waals surface area contributed by atoms with E-state index in [9.17, 15) is 18.0 Å². The fourth-order valence-corrected chi connectivity index (χ4v) is 5.79. The number of anilines is 2. The summed E-state index contributed by atoms with van der Waals surface area (Å²) in [5.41, 5.74) is 3.23. The zero-order chi connectivity index (χ0) is 29.5. The largest absolute Gasteiger partial charge is 0.495 e. The van der Waals surface area contributed by atoms with Gasteiger partial charge in [0.05, 0.1) is 41.8 Å². The second-order valence-electron chi connectivity index (χ2n) is 9.74. The van der Waals surface area contributed by atoms with Gasteiger partial charge in [-0.3, -0.25) is 9.78 Å². The van der Waals surface area contributed by atoms with Crippen LogP contribution in [0.4, 0.5) is 24.5 Å². The first-order valence-electron chi connectivity index (χ1n) is 12.8. The Bertz CT molecular complexity index is 1620. The molecular weight excluding hydrogens is 551 g/mol. The van der Waals surface area contributed by atoms with E-state index in [1.807, 2.05) is 35.2 Å². The smallest absolute Gasteiger partial charge is 0.418 e. The first-order valence-corrected chi connectivity index (χ1v) is 13.2. The summed E-state index contributed by atoms with van der Waals surface area (Å²) in [5.74, 6) is 0.208. The van der Waals surface area contributed by atoms with E-state index >= 15 is 0 Å². The zero-order valence-corrected chi connectivity index (χ0v) is 23.6. The Morgan fingerprint density at radius 1 is 1.07 bits per heavy atom. The van der Waals surface area contributed by atoms with Gasteiger partial charge in [-0.1, -0.05) is 18.2 Å². The number of hydrogen-bond donors (Lipinski definition) is 2. The summed E-state index contributed by atoms with van der Waals surface area (Å²) < 4.78 is 49.1. The van der Waals surface area contributed by atoms with E-state index in [2.05, 4.69) is 15.6 Å². The Labute approximate surface area is 241 Å². The van der Waals surface area contributed by atoms with Crippen LogP contribution in [0.25, 0.3) is 5.69 Å². The van der Waals surface area contributed by atoms with Crippen LogP contribution in [0.5, 0.6) is 5.75 Å². The van der Waals surface area contributed by atoms with Gasteiger partial charge < -0.3 is 24.8 Å². The summed E-state index contributed by atoms with van der Waals surface area (Å²) in [4.78, 5) is 18.4. The van der Waals surface area contributed by atoms with Gasteiger partial charge in [-0.2, -0.15) is 13.2 Å². The van der Waals surface area contributed by atoms with Crippen molar-refractivity contribution in [1.29, 1.82) is 0 Å². The van der Waals surface area contributed by atoms with Crippen molar-refractivity contribution in [2.45, 2.75) is 39.0 Å². The number of nitrogens with one attached hydrogen (secondary N) is 2. The molecule has 2 aromatic heterocycles. The molecule has 1 aliphatic rings. The minimum Gasteiger partial charge on any atom is -0.495 e. The molecule has 3 heterocycles. The fourth-order valence-electron chi connectivity index (χ4n) is 5.45. The van der Waals surface area contributed by atoms with Crippen molar-refractivity contribution in [3.05, 3.63) is 101 Å². The maximum Gasteiger partial charge on any atom is 0.418 e. The molecule has 2 N–H and O–H groups in total. The number of thiocarbonyl (C=S) groups is 1. The van der Waals surface area contributed by atoms with Gasteiger partial charge in [0.25, 0.3) is 0 Å². The Kier molecular flexibility index (Phi) is 7.48. The minimum atomic E-state index is -4.53. The number of methoxy groups -OCH3 is 1. The monoisotopic (exact) mass is 579 g/mol. The number of benzene rings is 2. The van der Waals surface area contributed by atoms with Gasteiger partial charge in [0.1, 0.15) is 5.75 Å². The summed E-state index contributed by atoms with van der Waals surface area (Å²) in [5, 5.41) is 6.57. The lowest BCUT2D eigenvalue weighted by atomic mass is 9.96. The lowest BCUT2D eigenvalue weighted by Gasteiger charge is -2.29. The fraction of sp³-hybridized carbons (Fsp3) is 0.233. The van der Waals surface area contributed by atoms with Crippen molar-refractivity contribution in [2.24, 2.45) is 0 Å². The van der Waals surface area contributed by atoms with Crippen LogP contribution in [0, 0.1) is 13.8 Å². The summed E-state index contributed by atoms with van der Waals surface area (Å²) >= 11 is 5.83. The van der Waals surface area contributed by atoms with E-state index < -0.39 is 23.8 Å². The summed E-state index contributed by atoms with van der Waals surface area (Å²) in [6, 6.07) is 17.4. The number of halogens is 3. The van der Waals surface area contributed by atoms with Crippen molar-refractivity contribution >= 4 is 34.6 Å². The summed E-state index contributed by atoms with van der Waals surface area (Å²) in [7, 11) is 1.51. The maximum absolute atomic E-state index is 14.0. The molecule has 4 aromatic rings. The number of carbonyl (C=O) groups excluding carboxylic acids is 1. The van der Waals surface area contributed by atoms with Crippen molar-refractivity contribution in [3.8, 4) is 11.4 Å². The van der Waals surface area contributed by atoms with E-state index in [0.29, 0.717) is 33.6 Å². The number of ether oxygens (including phenoxy) is 1. The molecule has 0 unspecified atom stereocenters. The molecule has 212 valence electrons. The van der Waals surface area contributed by atoms with Crippen LogP contribution in [-0.2, 0) is 11.0 Å². The van der Waals surface area contributed by atoms with E-state index in [0.717, 1.165) is 17.3 Å². The SMILES string of the molecule is COc1ccc(N2C(=S)N[C@@H](c3ccccn3)[C@@H]2c2cc(C)n(-c3ccccc3C(F)(F)F)c2C)cc1NC(C)=O. The summed E-state index contributed by atoms with van der Waals surface area (Å²) in [6.45, 7) is 5.00. The number of amides is 1. The molecule has 41 heavy (non-hydrogen) atoms. The van der Waals surface area contributed by atoms with Gasteiger partial charge >= 0.3 is 6.18 Å². The number of pyridine rings is 1. The van der Waals surface area contributed by atoms with Crippen molar-refractivity contribution in [1.82, 2.24) is 14.9 Å². The van der Waals surface area contributed by atoms with Gasteiger partial charge in [0.2, 0.25) is 5.91 Å². The molecule has 1 amide bonds. The predicted octanol–water partition coefficient (Wildman–Crippen LogP) is 6.65. The van der Waals surface area contributed by atoms with Crippen LogP contribution < -0.4 is 20.3 Å². The van der Waals surface area contributed by atoms with Gasteiger partial charge in [0.15, 0.2) is 5.11 Å². The molecule has 2 aromatic carbocycles. The van der Waals surface area contributed by atoms with Gasteiger partial charge in [-0.25, -0.2) is 0 Å². The lowest BCUT2D eigenvalue weighted by molar-refractivity contribution is -0.137. The van der Waals surface area contributed by atoms with Gasteiger partial charge in [-0.15, -0.1) is 0 Å². The number of alkyl halides is 3. The second-order valence-corrected chi connectivity index (χ2v) is 10.1. The molecule has 0 saturated carbocycles. The zero-order valence-electron chi connectivity index (χ0n) is 22.8. The Balaban J connectivity index is 1.70. The molecule has 2 atom stereocenters. The van der Waals surface area contributed by atoms with Crippen molar-refractivity contribution < 1.29 is 22.7 Å². The van der Waals surface area contributed by atoms with Crippen molar-refractivity contribution in [2.75, 3.05) is 17.3 Å². The van der Waals surface area contributed by atoms with E-state index in [1.165, 1.54) is 26.2 Å². The molecule has 0 spiro atoms. The first-order chi connectivity index (χ1) is 19.5. The highest BCUT2D eigenvalue weighted by atomic mass is 32.1. The molecular formula is C30H28F3N5O2S. The van der Waals surface area contributed by atoms with Crippen LogP contribution in [0.1, 0.15) is 47.2 Å². The van der Waals surface area contributed by atoms with E-state index in [1.54, 1.807) is 42.8 Å². The average molecular weight is 580 g/mol. The number of para-hydroxylation sites is 1.